The number of hydrogen-bond acceptors (Lipinski definition) is 5. The first kappa shape index (κ1) is 23.2. The summed E-state index contributed by atoms with van der Waals surface area (Å²) in [5.41, 5.74) is 5.81. The highest BCUT2D eigenvalue weighted by molar-refractivity contribution is 7.80. The van der Waals surface area contributed by atoms with Crippen molar-refractivity contribution < 1.29 is 14.2 Å². The van der Waals surface area contributed by atoms with E-state index in [1.165, 1.54) is 0 Å². The predicted octanol–water partition coefficient (Wildman–Crippen LogP) is 4.14. The summed E-state index contributed by atoms with van der Waals surface area (Å²) < 4.78 is 17.4. The molecule has 2 aromatic carbocycles. The van der Waals surface area contributed by atoms with Crippen LogP contribution >= 0.6 is 12.2 Å². The van der Waals surface area contributed by atoms with Crippen molar-refractivity contribution in [1.29, 1.82) is 0 Å². The number of methoxy groups -OCH3 is 1. The van der Waals surface area contributed by atoms with E-state index >= 15 is 0 Å². The number of para-hydroxylation sites is 2. The third-order valence-corrected chi connectivity index (χ3v) is 4.43. The molecule has 2 N–H and O–H groups in total. The molecule has 0 saturated heterocycles. The lowest BCUT2D eigenvalue weighted by molar-refractivity contribution is 0.239. The van der Waals surface area contributed by atoms with E-state index in [0.717, 1.165) is 28.9 Å². The van der Waals surface area contributed by atoms with Crippen molar-refractivity contribution >= 4 is 23.5 Å². The quantitative estimate of drug-likeness (QED) is 0.185. The standard InChI is InChI=1S/C23H29N3O3S/c1-5-13-24-23(30)26-25-16-19-11-7-12-20(27-4)22(19)29-15-8-14-28-21-17(2)9-6-10-18(21)3/h5-7,9-12,16H,1,8,13-15H2,2-4H3,(H2,24,26,30)/b25-16+. The van der Waals surface area contributed by atoms with Gasteiger partial charge in [0.1, 0.15) is 5.75 Å². The molecule has 30 heavy (non-hydrogen) atoms. The van der Waals surface area contributed by atoms with E-state index in [0.29, 0.717) is 36.4 Å². The lowest BCUT2D eigenvalue weighted by Gasteiger charge is -2.14. The van der Waals surface area contributed by atoms with E-state index in [2.05, 4.69) is 22.4 Å². The number of thiocarbonyl (C=S) groups is 1. The average Bonchev–Trinajstić information content (AvgIpc) is 2.74. The monoisotopic (exact) mass is 427 g/mol. The van der Waals surface area contributed by atoms with E-state index in [9.17, 15) is 0 Å². The minimum atomic E-state index is 0.417. The summed E-state index contributed by atoms with van der Waals surface area (Å²) in [7, 11) is 1.61. The Kier molecular flexibility index (Phi) is 9.67. The van der Waals surface area contributed by atoms with Crippen LogP contribution in [0.4, 0.5) is 0 Å². The molecule has 0 bridgehead atoms. The zero-order valence-corrected chi connectivity index (χ0v) is 18.6. The second kappa shape index (κ2) is 12.5. The summed E-state index contributed by atoms with van der Waals surface area (Å²) in [4.78, 5) is 0. The van der Waals surface area contributed by atoms with Gasteiger partial charge in [0.25, 0.3) is 0 Å². The van der Waals surface area contributed by atoms with Gasteiger partial charge in [-0.1, -0.05) is 30.3 Å². The van der Waals surface area contributed by atoms with Crippen LogP contribution in [0.2, 0.25) is 0 Å². The molecule has 7 heteroatoms. The Balaban J connectivity index is 1.92. The maximum Gasteiger partial charge on any atom is 0.187 e. The van der Waals surface area contributed by atoms with Crippen LogP contribution in [-0.2, 0) is 0 Å². The first-order valence-corrected chi connectivity index (χ1v) is 10.1. The van der Waals surface area contributed by atoms with Gasteiger partial charge in [-0.3, -0.25) is 5.43 Å². The summed E-state index contributed by atoms with van der Waals surface area (Å²) in [6.45, 7) is 9.34. The normalized spacial score (nSPS) is 10.5. The van der Waals surface area contributed by atoms with Gasteiger partial charge in [0.05, 0.1) is 26.5 Å². The fraction of sp³-hybridized carbons (Fsp3) is 0.304. The molecule has 0 aliphatic carbocycles. The molecule has 0 saturated carbocycles. The summed E-state index contributed by atoms with van der Waals surface area (Å²) in [5.74, 6) is 2.21. The van der Waals surface area contributed by atoms with E-state index in [-0.39, 0.29) is 0 Å². The molecular weight excluding hydrogens is 398 g/mol. The van der Waals surface area contributed by atoms with Crippen molar-refractivity contribution in [2.75, 3.05) is 26.9 Å². The zero-order valence-electron chi connectivity index (χ0n) is 17.7. The van der Waals surface area contributed by atoms with Crippen molar-refractivity contribution in [3.8, 4) is 17.2 Å². The number of nitrogens with one attached hydrogen (secondary N) is 2. The van der Waals surface area contributed by atoms with Crippen LogP contribution in [0.25, 0.3) is 0 Å². The Labute approximate surface area is 183 Å². The van der Waals surface area contributed by atoms with Crippen molar-refractivity contribution in [3.05, 3.63) is 65.7 Å². The Morgan fingerprint density at radius 1 is 1.07 bits per heavy atom. The molecule has 0 fully saturated rings. The lowest BCUT2D eigenvalue weighted by atomic mass is 10.1. The molecule has 0 amide bonds. The molecule has 0 heterocycles. The third kappa shape index (κ3) is 7.08. The highest BCUT2D eigenvalue weighted by Crippen LogP contribution is 2.30. The minimum Gasteiger partial charge on any atom is -0.493 e. The molecule has 0 aliphatic rings. The molecule has 0 aromatic heterocycles. The largest absolute Gasteiger partial charge is 0.493 e. The Morgan fingerprint density at radius 3 is 2.40 bits per heavy atom. The van der Waals surface area contributed by atoms with Gasteiger partial charge in [-0.25, -0.2) is 0 Å². The molecule has 0 atom stereocenters. The van der Waals surface area contributed by atoms with E-state index in [1.807, 2.05) is 50.2 Å². The van der Waals surface area contributed by atoms with Crippen LogP contribution in [-0.4, -0.2) is 38.2 Å². The summed E-state index contributed by atoms with van der Waals surface area (Å²) in [6, 6.07) is 11.8. The molecule has 0 radical (unpaired) electrons. The molecule has 0 spiro atoms. The smallest absolute Gasteiger partial charge is 0.187 e. The molecule has 160 valence electrons. The number of nitrogens with zero attached hydrogens (tertiary/aromatic N) is 1. The van der Waals surface area contributed by atoms with Crippen LogP contribution in [0, 0.1) is 13.8 Å². The highest BCUT2D eigenvalue weighted by Gasteiger charge is 2.10. The van der Waals surface area contributed by atoms with Crippen molar-refractivity contribution in [2.24, 2.45) is 5.10 Å². The van der Waals surface area contributed by atoms with Gasteiger partial charge in [-0.2, -0.15) is 5.10 Å². The van der Waals surface area contributed by atoms with Gasteiger partial charge >= 0.3 is 0 Å². The Morgan fingerprint density at radius 2 is 1.73 bits per heavy atom. The van der Waals surface area contributed by atoms with Crippen LogP contribution in [0.5, 0.6) is 17.2 Å². The maximum atomic E-state index is 5.99. The molecule has 6 nitrogen and oxygen atoms in total. The van der Waals surface area contributed by atoms with Gasteiger partial charge in [0, 0.05) is 18.5 Å². The second-order valence-electron chi connectivity index (χ2n) is 6.52. The summed E-state index contributed by atoms with van der Waals surface area (Å²) >= 11 is 5.12. The topological polar surface area (TPSA) is 64.1 Å². The summed E-state index contributed by atoms with van der Waals surface area (Å²) in [5, 5.41) is 7.52. The van der Waals surface area contributed by atoms with Gasteiger partial charge in [0.15, 0.2) is 16.6 Å². The number of hydrazone groups is 1. The third-order valence-electron chi connectivity index (χ3n) is 4.20. The number of ether oxygens (including phenoxy) is 3. The van der Waals surface area contributed by atoms with Crippen molar-refractivity contribution in [1.82, 2.24) is 10.7 Å². The molecular formula is C23H29N3O3S. The maximum absolute atomic E-state index is 5.99. The first-order valence-electron chi connectivity index (χ1n) is 9.73. The molecule has 2 rings (SSSR count). The minimum absolute atomic E-state index is 0.417. The van der Waals surface area contributed by atoms with Gasteiger partial charge in [-0.05, 0) is 49.3 Å². The fourth-order valence-electron chi connectivity index (χ4n) is 2.75. The van der Waals surface area contributed by atoms with Crippen LogP contribution in [0.1, 0.15) is 23.1 Å². The lowest BCUT2D eigenvalue weighted by Crippen LogP contribution is -2.31. The zero-order chi connectivity index (χ0) is 21.8. The average molecular weight is 428 g/mol. The van der Waals surface area contributed by atoms with Crippen molar-refractivity contribution in [2.45, 2.75) is 20.3 Å². The number of aryl methyl sites for hydroxylation is 2. The highest BCUT2D eigenvalue weighted by atomic mass is 32.1. The molecule has 0 unspecified atom stereocenters. The van der Waals surface area contributed by atoms with Gasteiger partial charge in [-0.15, -0.1) is 6.58 Å². The second-order valence-corrected chi connectivity index (χ2v) is 6.93. The van der Waals surface area contributed by atoms with Crippen LogP contribution in [0.15, 0.2) is 54.2 Å². The van der Waals surface area contributed by atoms with E-state index < -0.39 is 0 Å². The molecule has 0 aliphatic heterocycles. The van der Waals surface area contributed by atoms with Crippen LogP contribution < -0.4 is 25.0 Å². The van der Waals surface area contributed by atoms with Gasteiger partial charge < -0.3 is 19.5 Å². The number of rotatable bonds is 11. The Bertz CT molecular complexity index is 864. The van der Waals surface area contributed by atoms with Crippen LogP contribution in [0.3, 0.4) is 0 Å². The summed E-state index contributed by atoms with van der Waals surface area (Å²) in [6.07, 6.45) is 4.10. The number of benzene rings is 2. The van der Waals surface area contributed by atoms with E-state index in [1.54, 1.807) is 19.4 Å². The Hall–Kier alpha value is -3.06. The number of hydrogen-bond donors (Lipinski definition) is 2. The SMILES string of the molecule is C=CCNC(=S)N/N=C/c1cccc(OC)c1OCCCOc1c(C)cccc1C. The van der Waals surface area contributed by atoms with E-state index in [4.69, 9.17) is 26.4 Å². The van der Waals surface area contributed by atoms with Crippen molar-refractivity contribution in [3.63, 3.8) is 0 Å². The molecule has 2 aromatic rings. The predicted molar refractivity (Wildman–Crippen MR) is 126 cm³/mol. The first-order chi connectivity index (χ1) is 14.6. The van der Waals surface area contributed by atoms with Gasteiger partial charge in [0.2, 0.25) is 0 Å². The fourth-order valence-corrected chi connectivity index (χ4v) is 2.88.